The molecule has 1 aliphatic heterocycles. The smallest absolute Gasteiger partial charge is 0.204 e. The first-order valence-electron chi connectivity index (χ1n) is 12.0. The van der Waals surface area contributed by atoms with Crippen molar-refractivity contribution in [2.75, 3.05) is 14.2 Å². The van der Waals surface area contributed by atoms with Crippen molar-refractivity contribution in [1.82, 2.24) is 0 Å². The van der Waals surface area contributed by atoms with E-state index in [9.17, 15) is 25.5 Å². The minimum absolute atomic E-state index is 0.0241. The molecule has 0 amide bonds. The summed E-state index contributed by atoms with van der Waals surface area (Å²) in [5.74, 6) is 0.436. The van der Waals surface area contributed by atoms with Gasteiger partial charge in [0.15, 0.2) is 22.8 Å². The maximum Gasteiger partial charge on any atom is 0.204 e. The summed E-state index contributed by atoms with van der Waals surface area (Å²) in [6, 6.07) is 17.1. The van der Waals surface area contributed by atoms with Gasteiger partial charge in [-0.25, -0.2) is 0 Å². The van der Waals surface area contributed by atoms with Crippen LogP contribution < -0.4 is 14.2 Å². The van der Waals surface area contributed by atoms with Crippen LogP contribution >= 0.6 is 0 Å². The lowest BCUT2D eigenvalue weighted by Crippen LogP contribution is -2.11. The number of phenolic OH excluding ortho intramolecular Hbond substituents is 5. The van der Waals surface area contributed by atoms with E-state index in [4.69, 9.17) is 18.6 Å². The van der Waals surface area contributed by atoms with Crippen molar-refractivity contribution in [3.8, 4) is 57.3 Å². The van der Waals surface area contributed by atoms with Gasteiger partial charge in [0, 0.05) is 28.6 Å². The fourth-order valence-electron chi connectivity index (χ4n) is 5.22. The molecule has 1 aliphatic rings. The molecule has 0 unspecified atom stereocenters. The summed E-state index contributed by atoms with van der Waals surface area (Å²) in [4.78, 5) is 0. The molecule has 39 heavy (non-hydrogen) atoms. The van der Waals surface area contributed by atoms with Crippen LogP contribution in [-0.4, -0.2) is 39.8 Å². The quantitative estimate of drug-likeness (QED) is 0.188. The summed E-state index contributed by atoms with van der Waals surface area (Å²) >= 11 is 0. The van der Waals surface area contributed by atoms with Crippen molar-refractivity contribution in [2.24, 2.45) is 0 Å². The first kappa shape index (κ1) is 24.2. The van der Waals surface area contributed by atoms with Crippen LogP contribution in [0.2, 0.25) is 0 Å². The molecule has 4 aromatic carbocycles. The number of phenols is 5. The molecular weight excluding hydrogens is 504 g/mol. The fourth-order valence-corrected chi connectivity index (χ4v) is 5.22. The number of rotatable bonds is 5. The summed E-state index contributed by atoms with van der Waals surface area (Å²) in [5.41, 5.74) is 2.85. The molecule has 0 spiro atoms. The van der Waals surface area contributed by atoms with Gasteiger partial charge in [-0.2, -0.15) is 0 Å². The second-order valence-corrected chi connectivity index (χ2v) is 9.33. The predicted octanol–water partition coefficient (Wildman–Crippen LogP) is 5.91. The van der Waals surface area contributed by atoms with E-state index in [1.54, 1.807) is 30.3 Å². The Bertz CT molecular complexity index is 1700. The van der Waals surface area contributed by atoms with Crippen LogP contribution in [0.25, 0.3) is 22.3 Å². The summed E-state index contributed by atoms with van der Waals surface area (Å²) in [7, 11) is 2.95. The van der Waals surface area contributed by atoms with E-state index < -0.39 is 12.0 Å². The van der Waals surface area contributed by atoms with Gasteiger partial charge in [-0.3, -0.25) is 0 Å². The number of methoxy groups -OCH3 is 2. The Morgan fingerprint density at radius 2 is 1.36 bits per heavy atom. The second-order valence-electron chi connectivity index (χ2n) is 9.33. The number of ether oxygens (including phenoxy) is 3. The zero-order chi connectivity index (χ0) is 27.4. The Hall–Kier alpha value is -5.18. The highest BCUT2D eigenvalue weighted by Gasteiger charge is 2.41. The van der Waals surface area contributed by atoms with Crippen LogP contribution in [-0.2, 0) is 0 Å². The fraction of sp³-hybridized carbons (Fsp3) is 0.133. The van der Waals surface area contributed by atoms with Crippen LogP contribution in [0.3, 0.4) is 0 Å². The Morgan fingerprint density at radius 3 is 2.00 bits per heavy atom. The highest BCUT2D eigenvalue weighted by Crippen LogP contribution is 2.57. The van der Waals surface area contributed by atoms with Crippen LogP contribution in [0.5, 0.6) is 46.0 Å². The molecule has 0 fully saturated rings. The molecule has 0 bridgehead atoms. The van der Waals surface area contributed by atoms with E-state index in [-0.39, 0.29) is 34.5 Å². The molecule has 2 heterocycles. The number of hydrogen-bond donors (Lipinski definition) is 5. The lowest BCUT2D eigenvalue weighted by molar-refractivity contribution is 0.213. The number of furan rings is 1. The van der Waals surface area contributed by atoms with E-state index in [1.165, 1.54) is 44.6 Å². The average Bonchev–Trinajstić information content (AvgIpc) is 3.48. The molecule has 5 N–H and O–H groups in total. The van der Waals surface area contributed by atoms with Crippen molar-refractivity contribution >= 4 is 11.0 Å². The molecular formula is C30H24O9. The summed E-state index contributed by atoms with van der Waals surface area (Å²) in [6.07, 6.45) is -0.640. The van der Waals surface area contributed by atoms with Crippen LogP contribution in [0.4, 0.5) is 0 Å². The first-order valence-corrected chi connectivity index (χ1v) is 12.0. The van der Waals surface area contributed by atoms with Crippen molar-refractivity contribution in [3.63, 3.8) is 0 Å². The number of fused-ring (bicyclic) bond motifs is 2. The van der Waals surface area contributed by atoms with Gasteiger partial charge in [0.25, 0.3) is 0 Å². The van der Waals surface area contributed by atoms with Crippen molar-refractivity contribution in [2.45, 2.75) is 12.0 Å². The first-order chi connectivity index (χ1) is 18.7. The minimum atomic E-state index is -0.640. The van der Waals surface area contributed by atoms with E-state index in [2.05, 4.69) is 0 Å². The molecule has 6 rings (SSSR count). The summed E-state index contributed by atoms with van der Waals surface area (Å²) < 4.78 is 23.7. The average molecular weight is 529 g/mol. The van der Waals surface area contributed by atoms with Crippen LogP contribution in [0.15, 0.2) is 71.1 Å². The zero-order valence-corrected chi connectivity index (χ0v) is 20.9. The van der Waals surface area contributed by atoms with E-state index in [1.807, 2.05) is 6.07 Å². The maximum absolute atomic E-state index is 10.3. The normalized spacial score (nSPS) is 16.2. The number of hydrogen-bond acceptors (Lipinski definition) is 9. The van der Waals surface area contributed by atoms with E-state index >= 15 is 0 Å². The highest BCUT2D eigenvalue weighted by molar-refractivity contribution is 5.92. The molecule has 0 aliphatic carbocycles. The molecule has 0 saturated carbocycles. The topological polar surface area (TPSA) is 142 Å². The summed E-state index contributed by atoms with van der Waals surface area (Å²) in [6.45, 7) is 0. The molecule has 5 aromatic rings. The third-order valence-electron chi connectivity index (χ3n) is 6.84. The number of benzene rings is 4. The molecule has 2 atom stereocenters. The Balaban J connectivity index is 1.57. The largest absolute Gasteiger partial charge is 0.508 e. The Labute approximate surface area is 222 Å². The van der Waals surface area contributed by atoms with Gasteiger partial charge >= 0.3 is 0 Å². The van der Waals surface area contributed by atoms with Gasteiger partial charge in [0.1, 0.15) is 34.9 Å². The van der Waals surface area contributed by atoms with E-state index in [0.29, 0.717) is 50.5 Å². The highest BCUT2D eigenvalue weighted by atomic mass is 16.5. The molecule has 198 valence electrons. The standard InChI is InChI=1S/C30H24O9/c1-36-25-10-14(3-4-23(25)35)27-26(16-7-20(33)13-21(34)8-16)22-9-17-11-24(15-5-18(31)12-19(32)6-15)38-28(17)30(37-2)29(22)39-27/h3-13,26-27,31-35H,1-2H3/t26-,27+/m1/s1. The van der Waals surface area contributed by atoms with Crippen LogP contribution in [0, 0.1) is 0 Å². The van der Waals surface area contributed by atoms with Crippen molar-refractivity contribution in [3.05, 3.63) is 83.4 Å². The van der Waals surface area contributed by atoms with Gasteiger partial charge in [0.05, 0.1) is 20.1 Å². The van der Waals surface area contributed by atoms with Gasteiger partial charge in [-0.15, -0.1) is 0 Å². The second kappa shape index (κ2) is 8.98. The predicted molar refractivity (Wildman–Crippen MR) is 141 cm³/mol. The molecule has 1 aromatic heterocycles. The zero-order valence-electron chi connectivity index (χ0n) is 20.9. The Morgan fingerprint density at radius 1 is 0.692 bits per heavy atom. The van der Waals surface area contributed by atoms with Gasteiger partial charge in [-0.1, -0.05) is 6.07 Å². The third-order valence-corrected chi connectivity index (χ3v) is 6.84. The molecule has 0 saturated heterocycles. The SMILES string of the molecule is COc1cc([C@@H]2Oc3c(cc4cc(-c5cc(O)cc(O)c5)oc4c3OC)[C@H]2c2cc(O)cc(O)c2)ccc1O. The molecule has 0 radical (unpaired) electrons. The minimum Gasteiger partial charge on any atom is -0.508 e. The summed E-state index contributed by atoms with van der Waals surface area (Å²) in [5, 5.41) is 51.3. The lowest BCUT2D eigenvalue weighted by Gasteiger charge is -2.21. The molecule has 9 heteroatoms. The molecule has 9 nitrogen and oxygen atoms in total. The van der Waals surface area contributed by atoms with Gasteiger partial charge in [0.2, 0.25) is 5.75 Å². The van der Waals surface area contributed by atoms with Crippen molar-refractivity contribution < 1.29 is 44.2 Å². The van der Waals surface area contributed by atoms with Gasteiger partial charge in [-0.05, 0) is 59.7 Å². The van der Waals surface area contributed by atoms with Gasteiger partial charge < -0.3 is 44.2 Å². The van der Waals surface area contributed by atoms with E-state index in [0.717, 1.165) is 0 Å². The lowest BCUT2D eigenvalue weighted by atomic mass is 9.84. The monoisotopic (exact) mass is 528 g/mol. The van der Waals surface area contributed by atoms with Crippen LogP contribution in [0.1, 0.15) is 28.7 Å². The number of aromatic hydroxyl groups is 5. The Kier molecular flexibility index (Phi) is 5.57. The van der Waals surface area contributed by atoms with Crippen molar-refractivity contribution in [1.29, 1.82) is 0 Å². The third kappa shape index (κ3) is 4.04. The maximum atomic E-state index is 10.3.